The van der Waals surface area contributed by atoms with Gasteiger partial charge in [0.15, 0.2) is 0 Å². The number of anilines is 1. The lowest BCUT2D eigenvalue weighted by atomic mass is 10.1. The summed E-state index contributed by atoms with van der Waals surface area (Å²) >= 11 is 1.69. The molecular formula is C26H33N6O2S+. The zero-order valence-electron chi connectivity index (χ0n) is 20.7. The standard InChI is InChI=1S/C26H32N6O2S/c1-28-7-6-19-23(16-28)35-25-24(19)26(33)32(17-27-25)13-10-30-8-11-31(12-9-30)22-15-29(2)21-5-4-18(34-3)14-20(21)22/h4-5,14-15,17H,6-13,16H2,1-3H3/p+1. The summed E-state index contributed by atoms with van der Waals surface area (Å²) in [6, 6.07) is 6.29. The highest BCUT2D eigenvalue weighted by Gasteiger charge is 2.25. The largest absolute Gasteiger partial charge is 0.497 e. The second kappa shape index (κ2) is 8.96. The molecule has 0 bridgehead atoms. The van der Waals surface area contributed by atoms with Gasteiger partial charge in [0, 0.05) is 36.6 Å². The Labute approximate surface area is 208 Å². The predicted molar refractivity (Wildman–Crippen MR) is 141 cm³/mol. The van der Waals surface area contributed by atoms with E-state index < -0.39 is 0 Å². The van der Waals surface area contributed by atoms with Crippen LogP contribution >= 0.6 is 11.3 Å². The average Bonchev–Trinajstić information content (AvgIpc) is 3.41. The number of benzene rings is 1. The number of nitrogens with one attached hydrogen (secondary N) is 1. The number of ether oxygens (including phenoxy) is 1. The third-order valence-electron chi connectivity index (χ3n) is 7.71. The first kappa shape index (κ1) is 22.6. The van der Waals surface area contributed by atoms with Crippen molar-refractivity contribution in [2.24, 2.45) is 7.05 Å². The van der Waals surface area contributed by atoms with Crippen LogP contribution in [-0.4, -0.2) is 72.4 Å². The summed E-state index contributed by atoms with van der Waals surface area (Å²) in [5, 5.41) is 2.11. The molecule has 6 rings (SSSR count). The third kappa shape index (κ3) is 4.01. The van der Waals surface area contributed by atoms with E-state index in [1.54, 1.807) is 29.7 Å². The van der Waals surface area contributed by atoms with E-state index >= 15 is 0 Å². The van der Waals surface area contributed by atoms with Crippen molar-refractivity contribution in [1.82, 2.24) is 19.0 Å². The van der Waals surface area contributed by atoms with Crippen molar-refractivity contribution >= 4 is 38.1 Å². The molecule has 1 N–H and O–H groups in total. The molecule has 184 valence electrons. The lowest BCUT2D eigenvalue weighted by Crippen LogP contribution is -3.15. The van der Waals surface area contributed by atoms with Gasteiger partial charge in [-0.2, -0.15) is 0 Å². The predicted octanol–water partition coefficient (Wildman–Crippen LogP) is 1.35. The van der Waals surface area contributed by atoms with E-state index in [9.17, 15) is 4.79 Å². The van der Waals surface area contributed by atoms with Crippen LogP contribution in [0, 0.1) is 0 Å². The summed E-state index contributed by atoms with van der Waals surface area (Å²) in [7, 11) is 5.96. The maximum absolute atomic E-state index is 13.3. The van der Waals surface area contributed by atoms with E-state index in [0.717, 1.165) is 68.2 Å². The summed E-state index contributed by atoms with van der Waals surface area (Å²) in [5.41, 5.74) is 3.88. The minimum atomic E-state index is 0.139. The first-order valence-corrected chi connectivity index (χ1v) is 13.2. The molecule has 3 aromatic heterocycles. The van der Waals surface area contributed by atoms with Crippen LogP contribution in [0.15, 0.2) is 35.5 Å². The molecule has 0 spiro atoms. The van der Waals surface area contributed by atoms with E-state index in [-0.39, 0.29) is 5.56 Å². The van der Waals surface area contributed by atoms with Gasteiger partial charge in [-0.05, 0) is 37.2 Å². The zero-order valence-corrected chi connectivity index (χ0v) is 21.5. The lowest BCUT2D eigenvalue weighted by Gasteiger charge is -2.33. The Kier molecular flexibility index (Phi) is 5.78. The van der Waals surface area contributed by atoms with Crippen LogP contribution in [-0.2, 0) is 26.6 Å². The molecule has 0 atom stereocenters. The van der Waals surface area contributed by atoms with Gasteiger partial charge in [-0.25, -0.2) is 4.98 Å². The number of aryl methyl sites for hydroxylation is 1. The summed E-state index contributed by atoms with van der Waals surface area (Å²) < 4.78 is 9.50. The molecule has 4 aromatic rings. The van der Waals surface area contributed by atoms with Gasteiger partial charge in [-0.3, -0.25) is 9.36 Å². The lowest BCUT2D eigenvalue weighted by molar-refractivity contribution is -0.901. The Bertz CT molecular complexity index is 1450. The average molecular weight is 494 g/mol. The maximum atomic E-state index is 13.3. The molecule has 8 nitrogen and oxygen atoms in total. The number of thiophene rings is 1. The van der Waals surface area contributed by atoms with Gasteiger partial charge in [0.2, 0.25) is 0 Å². The number of quaternary nitrogens is 1. The van der Waals surface area contributed by atoms with Crippen molar-refractivity contribution in [3.8, 4) is 5.75 Å². The van der Waals surface area contributed by atoms with Gasteiger partial charge in [-0.1, -0.05) is 0 Å². The minimum absolute atomic E-state index is 0.139. The molecule has 2 aliphatic heterocycles. The van der Waals surface area contributed by atoms with Crippen LogP contribution in [0.1, 0.15) is 10.4 Å². The Morgan fingerprint density at radius 1 is 1.17 bits per heavy atom. The minimum Gasteiger partial charge on any atom is -0.497 e. The quantitative estimate of drug-likeness (QED) is 0.455. The summed E-state index contributed by atoms with van der Waals surface area (Å²) in [6.07, 6.45) is 4.93. The molecule has 0 aliphatic carbocycles. The SMILES string of the molecule is COc1ccc2c(c1)c(N1CC[NH+](CCn3cnc4sc5c(c4c3=O)CCN(C)C5)CC1)cn2C. The van der Waals surface area contributed by atoms with Crippen LogP contribution in [0.25, 0.3) is 21.1 Å². The molecule has 1 fully saturated rings. The van der Waals surface area contributed by atoms with Crippen LogP contribution in [0.4, 0.5) is 5.69 Å². The van der Waals surface area contributed by atoms with Crippen molar-refractivity contribution in [1.29, 1.82) is 0 Å². The van der Waals surface area contributed by atoms with Crippen LogP contribution in [0.5, 0.6) is 5.75 Å². The number of piperazine rings is 1. The van der Waals surface area contributed by atoms with Crippen LogP contribution in [0.3, 0.4) is 0 Å². The Balaban J connectivity index is 1.14. The van der Waals surface area contributed by atoms with Gasteiger partial charge >= 0.3 is 0 Å². The molecule has 35 heavy (non-hydrogen) atoms. The normalized spacial score (nSPS) is 17.4. The van der Waals surface area contributed by atoms with Gasteiger partial charge in [0.05, 0.1) is 69.3 Å². The number of hydrogen-bond donors (Lipinski definition) is 1. The molecule has 0 unspecified atom stereocenters. The molecular weight excluding hydrogens is 460 g/mol. The number of fused-ring (bicyclic) bond motifs is 4. The maximum Gasteiger partial charge on any atom is 0.262 e. The molecule has 5 heterocycles. The number of likely N-dealkylation sites (N-methyl/N-ethyl adjacent to an activating group) is 1. The smallest absolute Gasteiger partial charge is 0.262 e. The second-order valence-electron chi connectivity index (χ2n) is 9.91. The van der Waals surface area contributed by atoms with Crippen LogP contribution in [0.2, 0.25) is 0 Å². The van der Waals surface area contributed by atoms with E-state index in [2.05, 4.69) is 51.8 Å². The van der Waals surface area contributed by atoms with Crippen molar-refractivity contribution < 1.29 is 9.64 Å². The third-order valence-corrected chi connectivity index (χ3v) is 8.84. The summed E-state index contributed by atoms with van der Waals surface area (Å²) in [5.74, 6) is 0.893. The van der Waals surface area contributed by atoms with E-state index in [0.29, 0.717) is 6.54 Å². The second-order valence-corrected chi connectivity index (χ2v) is 11.0. The van der Waals surface area contributed by atoms with Crippen molar-refractivity contribution in [2.45, 2.75) is 19.5 Å². The summed E-state index contributed by atoms with van der Waals surface area (Å²) in [4.78, 5) is 26.5. The fourth-order valence-corrected chi connectivity index (χ4v) is 6.89. The fraction of sp³-hybridized carbons (Fsp3) is 0.462. The zero-order chi connectivity index (χ0) is 24.1. The highest BCUT2D eigenvalue weighted by molar-refractivity contribution is 7.18. The molecule has 9 heteroatoms. The van der Waals surface area contributed by atoms with E-state index in [1.807, 2.05) is 10.6 Å². The van der Waals surface area contributed by atoms with Gasteiger partial charge in [-0.15, -0.1) is 11.3 Å². The fourth-order valence-electron chi connectivity index (χ4n) is 5.63. The molecule has 0 saturated carbocycles. The Morgan fingerprint density at radius 2 is 2.00 bits per heavy atom. The number of nitrogens with zero attached hydrogens (tertiary/aromatic N) is 5. The molecule has 1 saturated heterocycles. The monoisotopic (exact) mass is 493 g/mol. The number of rotatable bonds is 5. The van der Waals surface area contributed by atoms with Crippen molar-refractivity contribution in [2.75, 3.05) is 58.3 Å². The number of methoxy groups -OCH3 is 1. The highest BCUT2D eigenvalue weighted by atomic mass is 32.1. The Morgan fingerprint density at radius 3 is 2.80 bits per heavy atom. The van der Waals surface area contributed by atoms with Crippen LogP contribution < -0.4 is 20.1 Å². The van der Waals surface area contributed by atoms with Gasteiger partial charge in [0.1, 0.15) is 10.6 Å². The van der Waals surface area contributed by atoms with E-state index in [1.165, 1.54) is 27.0 Å². The van der Waals surface area contributed by atoms with E-state index in [4.69, 9.17) is 4.74 Å². The first-order valence-electron chi connectivity index (χ1n) is 12.4. The number of hydrogen-bond acceptors (Lipinski definition) is 6. The summed E-state index contributed by atoms with van der Waals surface area (Å²) in [6.45, 7) is 7.72. The topological polar surface area (TPSA) is 60.0 Å². The molecule has 0 radical (unpaired) electrons. The number of aromatic nitrogens is 3. The van der Waals surface area contributed by atoms with Gasteiger partial charge < -0.3 is 24.0 Å². The Hall–Kier alpha value is -2.88. The van der Waals surface area contributed by atoms with Crippen molar-refractivity contribution in [3.63, 3.8) is 0 Å². The molecule has 0 amide bonds. The molecule has 2 aliphatic rings. The van der Waals surface area contributed by atoms with Gasteiger partial charge in [0.25, 0.3) is 5.56 Å². The first-order chi connectivity index (χ1) is 17.0. The molecule has 1 aromatic carbocycles. The highest BCUT2D eigenvalue weighted by Crippen LogP contribution is 2.32. The van der Waals surface area contributed by atoms with Crippen molar-refractivity contribution in [3.05, 3.63) is 51.5 Å².